The zero-order chi connectivity index (χ0) is 20.0. The molecule has 29 heavy (non-hydrogen) atoms. The molecular formula is C22H11ClO4S2. The molecule has 0 saturated heterocycles. The van der Waals surface area contributed by atoms with Crippen LogP contribution in [0.4, 0.5) is 0 Å². The summed E-state index contributed by atoms with van der Waals surface area (Å²) in [5.41, 5.74) is 1.75. The van der Waals surface area contributed by atoms with Gasteiger partial charge in [0.1, 0.15) is 10.6 Å². The van der Waals surface area contributed by atoms with E-state index in [1.807, 2.05) is 54.6 Å². The third kappa shape index (κ3) is 3.15. The van der Waals surface area contributed by atoms with Gasteiger partial charge < -0.3 is 9.15 Å². The van der Waals surface area contributed by atoms with E-state index in [2.05, 4.69) is 0 Å². The van der Waals surface area contributed by atoms with Crippen LogP contribution in [-0.4, -0.2) is 5.97 Å². The first-order valence-corrected chi connectivity index (χ1v) is 10.6. The number of thiophene rings is 1. The van der Waals surface area contributed by atoms with Gasteiger partial charge in [-0.25, -0.2) is 9.59 Å². The number of carbonyl (C=O) groups is 1. The number of carbonyl (C=O) groups excluding carboxylic acids is 1. The SMILES string of the molecule is O=C(Oc1ccc2sc(=O)oc2c1-c1ccccc1)c1sc2ccccc2c1Cl. The Morgan fingerprint density at radius 1 is 0.897 bits per heavy atom. The van der Waals surface area contributed by atoms with E-state index in [1.54, 1.807) is 12.1 Å². The molecule has 5 rings (SSSR count). The topological polar surface area (TPSA) is 56.5 Å². The molecule has 0 N–H and O–H groups in total. The zero-order valence-corrected chi connectivity index (χ0v) is 17.1. The molecule has 0 radical (unpaired) electrons. The van der Waals surface area contributed by atoms with E-state index >= 15 is 0 Å². The third-order valence-corrected chi connectivity index (χ3v) is 6.89. The lowest BCUT2D eigenvalue weighted by atomic mass is 10.0. The summed E-state index contributed by atoms with van der Waals surface area (Å²) in [6.45, 7) is 0. The van der Waals surface area contributed by atoms with Crippen LogP contribution >= 0.6 is 34.3 Å². The Kier molecular flexibility index (Phi) is 4.47. The van der Waals surface area contributed by atoms with Crippen LogP contribution in [0.25, 0.3) is 31.5 Å². The van der Waals surface area contributed by atoms with Gasteiger partial charge in [-0.1, -0.05) is 71.5 Å². The van der Waals surface area contributed by atoms with Crippen LogP contribution in [0.2, 0.25) is 5.02 Å². The maximum Gasteiger partial charge on any atom is 0.396 e. The van der Waals surface area contributed by atoms with Crippen molar-refractivity contribution in [2.45, 2.75) is 0 Å². The van der Waals surface area contributed by atoms with E-state index < -0.39 is 10.9 Å². The molecule has 0 saturated carbocycles. The number of hydrogen-bond donors (Lipinski definition) is 0. The van der Waals surface area contributed by atoms with Crippen molar-refractivity contribution in [1.82, 2.24) is 0 Å². The first kappa shape index (κ1) is 18.1. The molecule has 3 aromatic carbocycles. The van der Waals surface area contributed by atoms with Crippen molar-refractivity contribution in [1.29, 1.82) is 0 Å². The first-order chi connectivity index (χ1) is 14.1. The monoisotopic (exact) mass is 438 g/mol. The van der Waals surface area contributed by atoms with Crippen LogP contribution in [-0.2, 0) is 0 Å². The van der Waals surface area contributed by atoms with Crippen LogP contribution in [0.3, 0.4) is 0 Å². The van der Waals surface area contributed by atoms with Crippen molar-refractivity contribution >= 4 is 60.6 Å². The lowest BCUT2D eigenvalue weighted by Gasteiger charge is -2.10. The molecule has 0 aliphatic heterocycles. The van der Waals surface area contributed by atoms with Crippen molar-refractivity contribution in [2.24, 2.45) is 0 Å². The number of hydrogen-bond acceptors (Lipinski definition) is 6. The Morgan fingerprint density at radius 2 is 1.66 bits per heavy atom. The maximum atomic E-state index is 12.9. The predicted octanol–water partition coefficient (Wildman–Crippen LogP) is 6.61. The molecule has 2 aromatic heterocycles. The Balaban J connectivity index is 1.64. The van der Waals surface area contributed by atoms with Crippen LogP contribution in [0.5, 0.6) is 5.75 Å². The van der Waals surface area contributed by atoms with Gasteiger partial charge >= 0.3 is 10.9 Å². The summed E-state index contributed by atoms with van der Waals surface area (Å²) in [6.07, 6.45) is 0. The molecule has 7 heteroatoms. The summed E-state index contributed by atoms with van der Waals surface area (Å²) >= 11 is 8.72. The Bertz CT molecular complexity index is 1430. The molecule has 0 fully saturated rings. The largest absolute Gasteiger partial charge is 0.421 e. The number of ether oxygens (including phenoxy) is 1. The maximum absolute atomic E-state index is 12.9. The molecule has 4 nitrogen and oxygen atoms in total. The molecule has 2 heterocycles. The minimum atomic E-state index is -0.551. The van der Waals surface area contributed by atoms with E-state index in [4.69, 9.17) is 20.8 Å². The molecule has 5 aromatic rings. The van der Waals surface area contributed by atoms with Crippen molar-refractivity contribution < 1.29 is 13.9 Å². The minimum Gasteiger partial charge on any atom is -0.421 e. The Labute approximate surface area is 177 Å². The van der Waals surface area contributed by atoms with Crippen LogP contribution in [0, 0.1) is 0 Å². The van der Waals surface area contributed by atoms with Crippen molar-refractivity contribution in [3.63, 3.8) is 0 Å². The summed E-state index contributed by atoms with van der Waals surface area (Å²) in [4.78, 5) is 24.7. The van der Waals surface area contributed by atoms with Crippen LogP contribution in [0.1, 0.15) is 9.67 Å². The fourth-order valence-corrected chi connectivity index (χ4v) is 5.24. The average molecular weight is 439 g/mol. The first-order valence-electron chi connectivity index (χ1n) is 8.63. The lowest BCUT2D eigenvalue weighted by molar-refractivity contribution is 0.0741. The summed E-state index contributed by atoms with van der Waals surface area (Å²) in [7, 11) is 0. The van der Waals surface area contributed by atoms with E-state index in [1.165, 1.54) is 11.3 Å². The highest BCUT2D eigenvalue weighted by Gasteiger charge is 2.22. The van der Waals surface area contributed by atoms with Gasteiger partial charge in [0.25, 0.3) is 0 Å². The van der Waals surface area contributed by atoms with E-state index in [-0.39, 0.29) is 0 Å². The Morgan fingerprint density at radius 3 is 2.45 bits per heavy atom. The van der Waals surface area contributed by atoms with Crippen LogP contribution in [0.15, 0.2) is 75.9 Å². The second-order valence-corrected chi connectivity index (χ2v) is 8.62. The van der Waals surface area contributed by atoms with Gasteiger partial charge in [0.05, 0.1) is 15.3 Å². The number of fused-ring (bicyclic) bond motifs is 2. The predicted molar refractivity (Wildman–Crippen MR) is 118 cm³/mol. The highest BCUT2D eigenvalue weighted by atomic mass is 35.5. The van der Waals surface area contributed by atoms with Crippen molar-refractivity contribution in [3.05, 3.63) is 86.4 Å². The highest BCUT2D eigenvalue weighted by Crippen LogP contribution is 2.40. The van der Waals surface area contributed by atoms with E-state index in [0.717, 1.165) is 27.0 Å². The standard InChI is InChI=1S/C22H11ClO4S2/c23-18-13-8-4-5-9-15(13)28-20(18)21(24)26-14-10-11-16-19(27-22(25)29-16)17(14)12-6-2-1-3-7-12/h1-11H. The summed E-state index contributed by atoms with van der Waals surface area (Å²) in [6, 6.07) is 20.3. The molecule has 0 unspecified atom stereocenters. The van der Waals surface area contributed by atoms with E-state index in [9.17, 15) is 9.59 Å². The second-order valence-electron chi connectivity index (χ2n) is 6.22. The fourth-order valence-electron chi connectivity index (χ4n) is 3.18. The molecule has 0 aliphatic rings. The smallest absolute Gasteiger partial charge is 0.396 e. The molecule has 0 spiro atoms. The van der Waals surface area contributed by atoms with Gasteiger partial charge in [-0.05, 0) is 23.8 Å². The van der Waals surface area contributed by atoms with E-state index in [0.29, 0.717) is 31.5 Å². The molecular weight excluding hydrogens is 428 g/mol. The number of rotatable bonds is 3. The second kappa shape index (κ2) is 7.15. The zero-order valence-electron chi connectivity index (χ0n) is 14.7. The van der Waals surface area contributed by atoms with Gasteiger partial charge in [0.15, 0.2) is 5.58 Å². The quantitative estimate of drug-likeness (QED) is 0.235. The third-order valence-electron chi connectivity index (χ3n) is 4.45. The summed E-state index contributed by atoms with van der Waals surface area (Å²) in [5.74, 6) is -0.242. The summed E-state index contributed by atoms with van der Waals surface area (Å²) in [5, 5.41) is 1.19. The average Bonchev–Trinajstić information content (AvgIpc) is 3.28. The Hall–Kier alpha value is -2.93. The van der Waals surface area contributed by atoms with Gasteiger partial charge in [-0.2, -0.15) is 0 Å². The summed E-state index contributed by atoms with van der Waals surface area (Å²) < 4.78 is 12.7. The molecule has 0 aliphatic carbocycles. The molecule has 0 atom stereocenters. The number of benzene rings is 3. The van der Waals surface area contributed by atoms with Gasteiger partial charge in [0.2, 0.25) is 0 Å². The molecule has 0 amide bonds. The van der Waals surface area contributed by atoms with Crippen LogP contribution < -0.4 is 9.68 Å². The van der Waals surface area contributed by atoms with Crippen molar-refractivity contribution in [2.75, 3.05) is 0 Å². The van der Waals surface area contributed by atoms with Crippen molar-refractivity contribution in [3.8, 4) is 16.9 Å². The number of esters is 1. The molecule has 0 bridgehead atoms. The van der Waals surface area contributed by atoms with Gasteiger partial charge in [-0.15, -0.1) is 11.3 Å². The number of halogens is 1. The van der Waals surface area contributed by atoms with Gasteiger partial charge in [-0.3, -0.25) is 0 Å². The normalized spacial score (nSPS) is 11.2. The highest BCUT2D eigenvalue weighted by molar-refractivity contribution is 7.21. The lowest BCUT2D eigenvalue weighted by Crippen LogP contribution is -2.08. The van der Waals surface area contributed by atoms with Gasteiger partial charge in [0, 0.05) is 10.1 Å². The minimum absolute atomic E-state index is 0.309. The molecule has 142 valence electrons. The fraction of sp³-hybridized carbons (Fsp3) is 0.